The monoisotopic (exact) mass is 412 g/mol. The SMILES string of the molecule is Cc1nc(-c2ccccc2)cc2c(O)c(C(=O)N/N=C/Cc3ccccc3)[nH]c(=O)c12. The van der Waals surface area contributed by atoms with E-state index < -0.39 is 11.5 Å². The molecule has 31 heavy (non-hydrogen) atoms. The zero-order valence-corrected chi connectivity index (χ0v) is 16.8. The molecule has 0 saturated carbocycles. The van der Waals surface area contributed by atoms with Crippen LogP contribution in [0.5, 0.6) is 5.75 Å². The van der Waals surface area contributed by atoms with Crippen molar-refractivity contribution in [3.05, 3.63) is 94.0 Å². The van der Waals surface area contributed by atoms with Gasteiger partial charge >= 0.3 is 0 Å². The van der Waals surface area contributed by atoms with Crippen molar-refractivity contribution in [3.8, 4) is 17.0 Å². The highest BCUT2D eigenvalue weighted by Gasteiger charge is 2.19. The zero-order chi connectivity index (χ0) is 21.8. The van der Waals surface area contributed by atoms with Gasteiger partial charge in [0, 0.05) is 23.6 Å². The van der Waals surface area contributed by atoms with E-state index in [2.05, 4.69) is 20.5 Å². The maximum atomic E-state index is 12.6. The number of aromatic nitrogens is 2. The van der Waals surface area contributed by atoms with Crippen LogP contribution in [-0.4, -0.2) is 27.2 Å². The molecule has 1 amide bonds. The van der Waals surface area contributed by atoms with Gasteiger partial charge in [0.2, 0.25) is 0 Å². The van der Waals surface area contributed by atoms with E-state index in [4.69, 9.17) is 0 Å². The van der Waals surface area contributed by atoms with Gasteiger partial charge in [-0.2, -0.15) is 5.10 Å². The van der Waals surface area contributed by atoms with Crippen molar-refractivity contribution in [1.82, 2.24) is 15.4 Å². The molecule has 4 rings (SSSR count). The molecular weight excluding hydrogens is 392 g/mol. The number of aromatic hydroxyl groups is 1. The molecule has 0 fully saturated rings. The predicted molar refractivity (Wildman–Crippen MR) is 120 cm³/mol. The number of nitrogens with zero attached hydrogens (tertiary/aromatic N) is 2. The minimum Gasteiger partial charge on any atom is -0.505 e. The summed E-state index contributed by atoms with van der Waals surface area (Å²) in [5, 5.41) is 15.2. The number of hydrogen-bond acceptors (Lipinski definition) is 5. The van der Waals surface area contributed by atoms with Crippen molar-refractivity contribution in [2.75, 3.05) is 0 Å². The zero-order valence-electron chi connectivity index (χ0n) is 16.8. The summed E-state index contributed by atoms with van der Waals surface area (Å²) >= 11 is 0. The standard InChI is InChI=1S/C24H20N4O3/c1-15-20-18(14-19(26-15)17-10-6-3-7-11-17)22(29)21(27-23(20)30)24(31)28-25-13-12-16-8-4-2-5-9-16/h2-11,13-14,29H,12H2,1H3,(H,27,30)(H,28,31)/b25-13+. The second-order valence-corrected chi connectivity index (χ2v) is 7.00. The van der Waals surface area contributed by atoms with Gasteiger partial charge in [0.1, 0.15) is 0 Å². The molecule has 0 aliphatic carbocycles. The number of aryl methyl sites for hydroxylation is 1. The van der Waals surface area contributed by atoms with Crippen LogP contribution in [0.2, 0.25) is 0 Å². The summed E-state index contributed by atoms with van der Waals surface area (Å²) in [5.74, 6) is -1.04. The van der Waals surface area contributed by atoms with E-state index in [-0.39, 0.29) is 22.2 Å². The lowest BCUT2D eigenvalue weighted by molar-refractivity contribution is 0.0947. The first-order chi connectivity index (χ1) is 15.0. The molecule has 0 radical (unpaired) electrons. The summed E-state index contributed by atoms with van der Waals surface area (Å²) < 4.78 is 0. The van der Waals surface area contributed by atoms with Gasteiger partial charge in [-0.15, -0.1) is 0 Å². The number of benzene rings is 2. The van der Waals surface area contributed by atoms with E-state index in [0.717, 1.165) is 11.1 Å². The number of pyridine rings is 2. The van der Waals surface area contributed by atoms with Gasteiger partial charge in [-0.3, -0.25) is 14.6 Å². The summed E-state index contributed by atoms with van der Waals surface area (Å²) in [5.41, 5.74) is 4.53. The van der Waals surface area contributed by atoms with E-state index >= 15 is 0 Å². The molecule has 7 nitrogen and oxygen atoms in total. The van der Waals surface area contributed by atoms with Crippen molar-refractivity contribution >= 4 is 22.9 Å². The molecule has 0 bridgehead atoms. The largest absolute Gasteiger partial charge is 0.505 e. The van der Waals surface area contributed by atoms with Crippen molar-refractivity contribution in [2.45, 2.75) is 13.3 Å². The van der Waals surface area contributed by atoms with Crippen LogP contribution in [0.4, 0.5) is 0 Å². The molecule has 2 heterocycles. The average Bonchev–Trinajstić information content (AvgIpc) is 2.79. The smallest absolute Gasteiger partial charge is 0.291 e. The number of amides is 1. The second-order valence-electron chi connectivity index (χ2n) is 7.00. The Morgan fingerprint density at radius 3 is 2.52 bits per heavy atom. The number of nitrogens with one attached hydrogen (secondary N) is 2. The van der Waals surface area contributed by atoms with Gasteiger partial charge in [0.15, 0.2) is 11.4 Å². The Morgan fingerprint density at radius 2 is 1.81 bits per heavy atom. The first-order valence-electron chi connectivity index (χ1n) is 9.72. The number of carbonyl (C=O) groups is 1. The lowest BCUT2D eigenvalue weighted by atomic mass is 10.0. The van der Waals surface area contributed by atoms with Crippen LogP contribution in [0.25, 0.3) is 22.0 Å². The normalized spacial score (nSPS) is 11.1. The van der Waals surface area contributed by atoms with Crippen molar-refractivity contribution in [3.63, 3.8) is 0 Å². The maximum Gasteiger partial charge on any atom is 0.291 e. The summed E-state index contributed by atoms with van der Waals surface area (Å²) in [6.45, 7) is 1.69. The van der Waals surface area contributed by atoms with Crippen LogP contribution in [-0.2, 0) is 6.42 Å². The van der Waals surface area contributed by atoms with Gasteiger partial charge < -0.3 is 10.1 Å². The maximum absolute atomic E-state index is 12.6. The van der Waals surface area contributed by atoms with Crippen LogP contribution in [0.15, 0.2) is 76.6 Å². The highest BCUT2D eigenvalue weighted by molar-refractivity contribution is 6.02. The van der Waals surface area contributed by atoms with Crippen LogP contribution in [0, 0.1) is 6.92 Å². The van der Waals surface area contributed by atoms with Crippen LogP contribution in [0.3, 0.4) is 0 Å². The van der Waals surface area contributed by atoms with Crippen LogP contribution in [0.1, 0.15) is 21.7 Å². The van der Waals surface area contributed by atoms with Gasteiger partial charge in [-0.1, -0.05) is 60.7 Å². The van der Waals surface area contributed by atoms with E-state index in [9.17, 15) is 14.7 Å². The van der Waals surface area contributed by atoms with E-state index in [0.29, 0.717) is 17.8 Å². The van der Waals surface area contributed by atoms with Crippen molar-refractivity contribution in [2.24, 2.45) is 5.10 Å². The summed E-state index contributed by atoms with van der Waals surface area (Å²) in [7, 11) is 0. The third-order valence-corrected chi connectivity index (χ3v) is 4.88. The second kappa shape index (κ2) is 8.62. The fourth-order valence-electron chi connectivity index (χ4n) is 3.36. The average molecular weight is 412 g/mol. The van der Waals surface area contributed by atoms with Crippen molar-refractivity contribution in [1.29, 1.82) is 0 Å². The highest BCUT2D eigenvalue weighted by Crippen LogP contribution is 2.30. The number of hydrogen-bond donors (Lipinski definition) is 3. The molecule has 0 aliphatic heterocycles. The third kappa shape index (κ3) is 4.20. The lowest BCUT2D eigenvalue weighted by Gasteiger charge is -2.10. The Hall–Kier alpha value is -4.26. The molecule has 0 atom stereocenters. The minimum absolute atomic E-state index is 0.237. The number of rotatable bonds is 5. The van der Waals surface area contributed by atoms with E-state index in [1.54, 1.807) is 19.2 Å². The molecule has 2 aromatic heterocycles. The number of hydrazone groups is 1. The first-order valence-corrected chi connectivity index (χ1v) is 9.72. The van der Waals surface area contributed by atoms with Crippen LogP contribution < -0.4 is 11.0 Å². The van der Waals surface area contributed by atoms with E-state index in [1.165, 1.54) is 0 Å². The highest BCUT2D eigenvalue weighted by atomic mass is 16.3. The number of H-pyrrole nitrogens is 1. The van der Waals surface area contributed by atoms with Crippen LogP contribution >= 0.6 is 0 Å². The molecule has 0 aliphatic rings. The summed E-state index contributed by atoms with van der Waals surface area (Å²) in [6.07, 6.45) is 2.08. The molecule has 0 unspecified atom stereocenters. The van der Waals surface area contributed by atoms with Gasteiger partial charge in [-0.25, -0.2) is 5.43 Å². The third-order valence-electron chi connectivity index (χ3n) is 4.88. The van der Waals surface area contributed by atoms with Crippen molar-refractivity contribution < 1.29 is 9.90 Å². The van der Waals surface area contributed by atoms with Gasteiger partial charge in [0.05, 0.1) is 16.8 Å². The quantitative estimate of drug-likeness (QED) is 0.344. The fraction of sp³-hybridized carbons (Fsp3) is 0.0833. The van der Waals surface area contributed by atoms with E-state index in [1.807, 2.05) is 60.7 Å². The number of fused-ring (bicyclic) bond motifs is 1. The molecule has 2 aromatic carbocycles. The Bertz CT molecular complexity index is 1330. The number of aromatic amines is 1. The Kier molecular flexibility index (Phi) is 5.57. The van der Waals surface area contributed by atoms with Gasteiger partial charge in [0.25, 0.3) is 11.5 Å². The number of carbonyl (C=O) groups excluding carboxylic acids is 1. The van der Waals surface area contributed by atoms with Gasteiger partial charge in [-0.05, 0) is 18.6 Å². The Morgan fingerprint density at radius 1 is 1.13 bits per heavy atom. The molecule has 0 spiro atoms. The Balaban J connectivity index is 1.66. The predicted octanol–water partition coefficient (Wildman–Crippen LogP) is 3.56. The summed E-state index contributed by atoms with van der Waals surface area (Å²) in [6, 6.07) is 20.7. The molecule has 3 N–H and O–H groups in total. The molecule has 154 valence electrons. The Labute approximate surface area is 178 Å². The molecular formula is C24H20N4O3. The molecule has 7 heteroatoms. The topological polar surface area (TPSA) is 107 Å². The lowest BCUT2D eigenvalue weighted by Crippen LogP contribution is -2.23. The molecule has 0 saturated heterocycles. The molecule has 4 aromatic rings. The summed E-state index contributed by atoms with van der Waals surface area (Å²) in [4.78, 5) is 32.1. The minimum atomic E-state index is -0.712. The first kappa shape index (κ1) is 20.0. The fourth-order valence-corrected chi connectivity index (χ4v) is 3.36.